The Morgan fingerprint density at radius 2 is 1.63 bits per heavy atom. The maximum absolute atomic E-state index is 12.5. The van der Waals surface area contributed by atoms with Crippen LogP contribution >= 0.6 is 0 Å². The number of nitrogens with one attached hydrogen (secondary N) is 2. The molecule has 0 aliphatic carbocycles. The van der Waals surface area contributed by atoms with Gasteiger partial charge in [-0.1, -0.05) is 18.2 Å². The molecule has 0 aliphatic rings. The van der Waals surface area contributed by atoms with Crippen molar-refractivity contribution in [1.29, 1.82) is 0 Å². The Bertz CT molecular complexity index is 1210. The van der Waals surface area contributed by atoms with Crippen LogP contribution in [0.5, 0.6) is 11.5 Å². The van der Waals surface area contributed by atoms with E-state index in [1.165, 1.54) is 19.1 Å². The number of methoxy groups -OCH3 is 1. The van der Waals surface area contributed by atoms with E-state index >= 15 is 0 Å². The Balaban J connectivity index is 1.49. The van der Waals surface area contributed by atoms with Gasteiger partial charge in [0.1, 0.15) is 11.5 Å². The summed E-state index contributed by atoms with van der Waals surface area (Å²) in [5, 5.41) is 5.50. The number of anilines is 2. The molecule has 1 unspecified atom stereocenters. The van der Waals surface area contributed by atoms with Gasteiger partial charge in [0.05, 0.1) is 12.7 Å². The first kappa shape index (κ1) is 25.3. The van der Waals surface area contributed by atoms with E-state index in [9.17, 15) is 14.4 Å². The number of hydrogen-bond donors (Lipinski definition) is 2. The minimum absolute atomic E-state index is 0.212. The molecule has 182 valence electrons. The summed E-state index contributed by atoms with van der Waals surface area (Å²) in [4.78, 5) is 37.0. The average molecular weight is 477 g/mol. The van der Waals surface area contributed by atoms with Gasteiger partial charge in [0.2, 0.25) is 0 Å². The lowest BCUT2D eigenvalue weighted by molar-refractivity contribution is -0.123. The third-order valence-corrected chi connectivity index (χ3v) is 5.12. The van der Waals surface area contributed by atoms with Crippen molar-refractivity contribution in [2.75, 3.05) is 24.4 Å². The van der Waals surface area contributed by atoms with Gasteiger partial charge >= 0.3 is 5.97 Å². The van der Waals surface area contributed by atoms with Crippen LogP contribution in [0.25, 0.3) is 0 Å². The zero-order chi connectivity index (χ0) is 25.4. The third kappa shape index (κ3) is 7.33. The largest absolute Gasteiger partial charge is 0.497 e. The normalized spacial score (nSPS) is 11.2. The Morgan fingerprint density at radius 3 is 2.34 bits per heavy atom. The minimum atomic E-state index is -0.987. The van der Waals surface area contributed by atoms with Crippen molar-refractivity contribution >= 4 is 29.2 Å². The fourth-order valence-corrected chi connectivity index (χ4v) is 3.12. The van der Waals surface area contributed by atoms with Crippen molar-refractivity contribution in [2.24, 2.45) is 0 Å². The zero-order valence-corrected chi connectivity index (χ0v) is 20.1. The summed E-state index contributed by atoms with van der Waals surface area (Å²) in [6.45, 7) is 5.12. The first-order chi connectivity index (χ1) is 16.7. The molecule has 3 aromatic rings. The van der Waals surface area contributed by atoms with E-state index in [-0.39, 0.29) is 18.1 Å². The Kier molecular flexibility index (Phi) is 8.45. The van der Waals surface area contributed by atoms with Crippen molar-refractivity contribution in [3.8, 4) is 11.5 Å². The molecule has 0 aromatic heterocycles. The van der Waals surface area contributed by atoms with Crippen LogP contribution in [0.4, 0.5) is 11.4 Å². The highest BCUT2D eigenvalue weighted by Gasteiger charge is 2.20. The molecule has 2 amide bonds. The summed E-state index contributed by atoms with van der Waals surface area (Å²) in [6.07, 6.45) is -0.987. The number of carbonyl (C=O) groups is 3. The first-order valence-electron chi connectivity index (χ1n) is 11.0. The lowest BCUT2D eigenvalue weighted by Gasteiger charge is -2.15. The van der Waals surface area contributed by atoms with Crippen molar-refractivity contribution in [3.63, 3.8) is 0 Å². The molecule has 0 saturated carbocycles. The second-order valence-corrected chi connectivity index (χ2v) is 7.95. The predicted octanol–water partition coefficient (Wildman–Crippen LogP) is 4.51. The van der Waals surface area contributed by atoms with Gasteiger partial charge in [0.25, 0.3) is 11.8 Å². The molecule has 0 aliphatic heterocycles. The Hall–Kier alpha value is -4.33. The molecular formula is C27H28N2O6. The van der Waals surface area contributed by atoms with Gasteiger partial charge in [0, 0.05) is 17.4 Å². The molecule has 0 heterocycles. The van der Waals surface area contributed by atoms with Gasteiger partial charge < -0.3 is 24.8 Å². The minimum Gasteiger partial charge on any atom is -0.497 e. The Labute approximate surface area is 204 Å². The number of esters is 1. The highest BCUT2D eigenvalue weighted by molar-refractivity contribution is 5.98. The van der Waals surface area contributed by atoms with Crippen molar-refractivity contribution in [2.45, 2.75) is 26.9 Å². The maximum Gasteiger partial charge on any atom is 0.338 e. The van der Waals surface area contributed by atoms with Crippen molar-refractivity contribution in [3.05, 3.63) is 83.4 Å². The van der Waals surface area contributed by atoms with Crippen molar-refractivity contribution < 1.29 is 28.6 Å². The number of rotatable bonds is 9. The van der Waals surface area contributed by atoms with Crippen LogP contribution in [0, 0.1) is 13.8 Å². The molecule has 0 fully saturated rings. The molecule has 8 nitrogen and oxygen atoms in total. The van der Waals surface area contributed by atoms with E-state index in [1.807, 2.05) is 32.0 Å². The smallest absolute Gasteiger partial charge is 0.338 e. The zero-order valence-electron chi connectivity index (χ0n) is 20.1. The van der Waals surface area contributed by atoms with Gasteiger partial charge in [0.15, 0.2) is 12.7 Å². The van der Waals surface area contributed by atoms with E-state index < -0.39 is 18.0 Å². The van der Waals surface area contributed by atoms with Crippen LogP contribution in [0.2, 0.25) is 0 Å². The lowest BCUT2D eigenvalue weighted by Crippen LogP contribution is -2.30. The number of carbonyl (C=O) groups excluding carboxylic acids is 3. The molecule has 0 radical (unpaired) electrons. The molecule has 0 bridgehead atoms. The molecule has 3 rings (SSSR count). The maximum atomic E-state index is 12.5. The van der Waals surface area contributed by atoms with Crippen LogP contribution in [0.3, 0.4) is 0 Å². The molecule has 0 spiro atoms. The Morgan fingerprint density at radius 1 is 0.886 bits per heavy atom. The molecular weight excluding hydrogens is 448 g/mol. The van der Waals surface area contributed by atoms with Gasteiger partial charge in [-0.3, -0.25) is 9.59 Å². The molecule has 2 N–H and O–H groups in total. The predicted molar refractivity (Wildman–Crippen MR) is 133 cm³/mol. The third-order valence-electron chi connectivity index (χ3n) is 5.12. The van der Waals surface area contributed by atoms with Crippen LogP contribution in [0.15, 0.2) is 66.7 Å². The topological polar surface area (TPSA) is 103 Å². The molecule has 35 heavy (non-hydrogen) atoms. The van der Waals surface area contributed by atoms with E-state index in [1.54, 1.807) is 43.5 Å². The summed E-state index contributed by atoms with van der Waals surface area (Å²) < 4.78 is 15.9. The van der Waals surface area contributed by atoms with Crippen LogP contribution in [0.1, 0.15) is 28.4 Å². The summed E-state index contributed by atoms with van der Waals surface area (Å²) in [6, 6.07) is 18.8. The van der Waals surface area contributed by atoms with Gasteiger partial charge in [-0.15, -0.1) is 0 Å². The summed E-state index contributed by atoms with van der Waals surface area (Å²) in [5.74, 6) is -0.373. The first-order valence-corrected chi connectivity index (χ1v) is 11.0. The summed E-state index contributed by atoms with van der Waals surface area (Å²) in [7, 11) is 1.55. The van der Waals surface area contributed by atoms with Gasteiger partial charge in [-0.05, 0) is 74.4 Å². The number of ether oxygens (including phenoxy) is 3. The van der Waals surface area contributed by atoms with E-state index in [0.29, 0.717) is 22.9 Å². The monoisotopic (exact) mass is 476 g/mol. The lowest BCUT2D eigenvalue weighted by atomic mass is 10.1. The number of hydrogen-bond acceptors (Lipinski definition) is 6. The number of aryl methyl sites for hydroxylation is 2. The van der Waals surface area contributed by atoms with E-state index in [0.717, 1.165) is 11.1 Å². The second-order valence-electron chi connectivity index (χ2n) is 7.95. The van der Waals surface area contributed by atoms with Crippen LogP contribution in [-0.2, 0) is 14.3 Å². The quantitative estimate of drug-likeness (QED) is 0.441. The molecule has 0 saturated heterocycles. The van der Waals surface area contributed by atoms with Crippen LogP contribution in [-0.4, -0.2) is 37.6 Å². The summed E-state index contributed by atoms with van der Waals surface area (Å²) >= 11 is 0. The van der Waals surface area contributed by atoms with E-state index in [4.69, 9.17) is 14.2 Å². The fourth-order valence-electron chi connectivity index (χ4n) is 3.12. The van der Waals surface area contributed by atoms with E-state index in [2.05, 4.69) is 10.6 Å². The van der Waals surface area contributed by atoms with Gasteiger partial charge in [-0.25, -0.2) is 4.79 Å². The van der Waals surface area contributed by atoms with Gasteiger partial charge in [-0.2, -0.15) is 0 Å². The molecule has 3 aromatic carbocycles. The number of amides is 2. The average Bonchev–Trinajstić information content (AvgIpc) is 2.85. The highest BCUT2D eigenvalue weighted by atomic mass is 16.5. The second kappa shape index (κ2) is 11.7. The van der Waals surface area contributed by atoms with Crippen LogP contribution < -0.4 is 20.1 Å². The summed E-state index contributed by atoms with van der Waals surface area (Å²) in [5.41, 5.74) is 3.44. The molecule has 1 atom stereocenters. The fraction of sp³-hybridized carbons (Fsp3) is 0.222. The highest BCUT2D eigenvalue weighted by Crippen LogP contribution is 2.19. The SMILES string of the molecule is COc1cccc(NC(=O)COc2ccc(C(=O)OC(C)C(=O)Nc3cc(C)ccc3C)cc2)c1. The van der Waals surface area contributed by atoms with Crippen molar-refractivity contribution in [1.82, 2.24) is 0 Å². The standard InChI is InChI=1S/C27H28N2O6/c1-17-8-9-18(2)24(14-17)29-26(31)19(3)35-27(32)20-10-12-22(13-11-20)34-16-25(30)28-21-6-5-7-23(15-21)33-4/h5-15,19H,16H2,1-4H3,(H,28,30)(H,29,31). The number of benzene rings is 3. The molecule has 8 heteroatoms.